The minimum atomic E-state index is -3.84. The van der Waals surface area contributed by atoms with E-state index in [1.54, 1.807) is 30.1 Å². The van der Waals surface area contributed by atoms with Crippen LogP contribution in [0.4, 0.5) is 10.1 Å². The van der Waals surface area contributed by atoms with E-state index in [9.17, 15) is 17.6 Å². The SMILES string of the molecule is C[C@@H]1Cc2cc(C(=O)N(C)Cc3ccccc3)ccc2N1S(=O)(=O)c1ccc(F)cc1. The fourth-order valence-corrected chi connectivity index (χ4v) is 5.66. The highest BCUT2D eigenvalue weighted by Crippen LogP contribution is 2.37. The zero-order valence-corrected chi connectivity index (χ0v) is 18.1. The summed E-state index contributed by atoms with van der Waals surface area (Å²) >= 11 is 0. The van der Waals surface area contributed by atoms with Crippen LogP contribution in [0.1, 0.15) is 28.4 Å². The molecule has 31 heavy (non-hydrogen) atoms. The second-order valence-corrected chi connectivity index (χ2v) is 9.61. The van der Waals surface area contributed by atoms with Crippen molar-refractivity contribution in [3.63, 3.8) is 0 Å². The average molecular weight is 439 g/mol. The van der Waals surface area contributed by atoms with Gasteiger partial charge in [0, 0.05) is 25.2 Å². The molecule has 160 valence electrons. The van der Waals surface area contributed by atoms with Gasteiger partial charge in [-0.3, -0.25) is 9.10 Å². The molecule has 0 saturated carbocycles. The van der Waals surface area contributed by atoms with Crippen molar-refractivity contribution in [2.75, 3.05) is 11.4 Å². The fourth-order valence-electron chi connectivity index (χ4n) is 3.97. The largest absolute Gasteiger partial charge is 0.337 e. The van der Waals surface area contributed by atoms with Gasteiger partial charge in [-0.2, -0.15) is 0 Å². The van der Waals surface area contributed by atoms with E-state index >= 15 is 0 Å². The average Bonchev–Trinajstić information content (AvgIpc) is 3.09. The first-order valence-corrected chi connectivity index (χ1v) is 11.4. The van der Waals surface area contributed by atoms with Gasteiger partial charge in [0.15, 0.2) is 0 Å². The van der Waals surface area contributed by atoms with Crippen LogP contribution in [0, 0.1) is 5.82 Å². The van der Waals surface area contributed by atoms with Crippen LogP contribution >= 0.6 is 0 Å². The normalized spacial score (nSPS) is 15.6. The summed E-state index contributed by atoms with van der Waals surface area (Å²) in [5.74, 6) is -0.615. The summed E-state index contributed by atoms with van der Waals surface area (Å²) in [6, 6.07) is 19.3. The van der Waals surface area contributed by atoms with Gasteiger partial charge in [-0.05, 0) is 66.9 Å². The van der Waals surface area contributed by atoms with Crippen molar-refractivity contribution in [2.24, 2.45) is 0 Å². The number of amides is 1. The van der Waals surface area contributed by atoms with E-state index in [-0.39, 0.29) is 16.8 Å². The highest BCUT2D eigenvalue weighted by atomic mass is 32.2. The number of benzene rings is 3. The van der Waals surface area contributed by atoms with Gasteiger partial charge >= 0.3 is 0 Å². The van der Waals surface area contributed by atoms with Gasteiger partial charge in [-0.25, -0.2) is 12.8 Å². The molecule has 0 N–H and O–H groups in total. The maximum Gasteiger partial charge on any atom is 0.264 e. The zero-order chi connectivity index (χ0) is 22.2. The number of sulfonamides is 1. The Morgan fingerprint density at radius 3 is 2.42 bits per heavy atom. The lowest BCUT2D eigenvalue weighted by Crippen LogP contribution is -2.35. The van der Waals surface area contributed by atoms with Gasteiger partial charge in [-0.1, -0.05) is 30.3 Å². The highest BCUT2D eigenvalue weighted by molar-refractivity contribution is 7.92. The molecular formula is C24H23FN2O3S. The molecule has 7 heteroatoms. The molecule has 1 amide bonds. The van der Waals surface area contributed by atoms with Gasteiger partial charge in [0.25, 0.3) is 15.9 Å². The number of carbonyl (C=O) groups is 1. The van der Waals surface area contributed by atoms with Crippen molar-refractivity contribution >= 4 is 21.6 Å². The lowest BCUT2D eigenvalue weighted by molar-refractivity contribution is 0.0785. The number of fused-ring (bicyclic) bond motifs is 1. The smallest absolute Gasteiger partial charge is 0.264 e. The maximum atomic E-state index is 13.2. The predicted octanol–water partition coefficient (Wildman–Crippen LogP) is 4.24. The number of anilines is 1. The number of rotatable bonds is 5. The molecule has 0 aromatic heterocycles. The Bertz CT molecular complexity index is 1210. The Morgan fingerprint density at radius 2 is 1.74 bits per heavy atom. The van der Waals surface area contributed by atoms with Crippen LogP contribution in [0.3, 0.4) is 0 Å². The molecule has 0 radical (unpaired) electrons. The minimum absolute atomic E-state index is 0.0383. The van der Waals surface area contributed by atoms with E-state index in [4.69, 9.17) is 0 Å². The van der Waals surface area contributed by atoms with E-state index in [1.165, 1.54) is 16.4 Å². The molecule has 0 unspecified atom stereocenters. The summed E-state index contributed by atoms with van der Waals surface area (Å²) in [7, 11) is -2.09. The molecule has 0 bridgehead atoms. The number of hydrogen-bond donors (Lipinski definition) is 0. The second kappa shape index (κ2) is 8.15. The van der Waals surface area contributed by atoms with Crippen LogP contribution in [-0.4, -0.2) is 32.3 Å². The molecule has 1 atom stereocenters. The van der Waals surface area contributed by atoms with Gasteiger partial charge in [0.1, 0.15) is 5.82 Å². The molecule has 1 aliphatic rings. The van der Waals surface area contributed by atoms with E-state index in [2.05, 4.69) is 0 Å². The van der Waals surface area contributed by atoms with Gasteiger partial charge < -0.3 is 4.90 Å². The van der Waals surface area contributed by atoms with Crippen molar-refractivity contribution in [3.8, 4) is 0 Å². The number of carbonyl (C=O) groups excluding carboxylic acids is 1. The lowest BCUT2D eigenvalue weighted by Gasteiger charge is -2.24. The molecular weight excluding hydrogens is 415 g/mol. The quantitative estimate of drug-likeness (QED) is 0.599. The van der Waals surface area contributed by atoms with Gasteiger partial charge in [0.2, 0.25) is 0 Å². The van der Waals surface area contributed by atoms with Crippen molar-refractivity contribution in [1.29, 1.82) is 0 Å². The lowest BCUT2D eigenvalue weighted by atomic mass is 10.1. The summed E-state index contributed by atoms with van der Waals surface area (Å²) in [5.41, 5.74) is 2.91. The zero-order valence-electron chi connectivity index (χ0n) is 17.3. The molecule has 0 spiro atoms. The fraction of sp³-hybridized carbons (Fsp3) is 0.208. The van der Waals surface area contributed by atoms with Crippen LogP contribution in [0.5, 0.6) is 0 Å². The summed E-state index contributed by atoms with van der Waals surface area (Å²) in [6.07, 6.45) is 0.499. The number of halogens is 1. The topological polar surface area (TPSA) is 57.7 Å². The van der Waals surface area contributed by atoms with E-state index in [0.29, 0.717) is 24.2 Å². The molecule has 3 aromatic carbocycles. The van der Waals surface area contributed by atoms with E-state index in [0.717, 1.165) is 23.3 Å². The predicted molar refractivity (Wildman–Crippen MR) is 118 cm³/mol. The molecule has 0 saturated heterocycles. The molecule has 1 aliphatic heterocycles. The Morgan fingerprint density at radius 1 is 1.06 bits per heavy atom. The first-order chi connectivity index (χ1) is 14.8. The highest BCUT2D eigenvalue weighted by Gasteiger charge is 2.36. The van der Waals surface area contributed by atoms with Gasteiger partial charge in [0.05, 0.1) is 10.6 Å². The summed E-state index contributed by atoms with van der Waals surface area (Å²) in [5, 5.41) is 0. The van der Waals surface area contributed by atoms with E-state index in [1.807, 2.05) is 37.3 Å². The first-order valence-electron chi connectivity index (χ1n) is 9.99. The first kappa shape index (κ1) is 21.1. The van der Waals surface area contributed by atoms with Crippen molar-refractivity contribution < 1.29 is 17.6 Å². The van der Waals surface area contributed by atoms with Crippen molar-refractivity contribution in [1.82, 2.24) is 4.90 Å². The Labute approximate surface area is 181 Å². The van der Waals surface area contributed by atoms with Gasteiger partial charge in [-0.15, -0.1) is 0 Å². The summed E-state index contributed by atoms with van der Waals surface area (Å²) in [4.78, 5) is 14.6. The summed E-state index contributed by atoms with van der Waals surface area (Å²) < 4.78 is 41.0. The molecule has 0 fully saturated rings. The molecule has 0 aliphatic carbocycles. The van der Waals surface area contributed by atoms with Crippen LogP contribution in [-0.2, 0) is 23.0 Å². The molecule has 4 rings (SSSR count). The van der Waals surface area contributed by atoms with Crippen LogP contribution < -0.4 is 4.31 Å². The molecule has 5 nitrogen and oxygen atoms in total. The molecule has 3 aromatic rings. The Kier molecular flexibility index (Phi) is 5.54. The Hall–Kier alpha value is -3.19. The third kappa shape index (κ3) is 4.05. The standard InChI is InChI=1S/C24H23FN2O3S/c1-17-14-20-15-19(24(28)26(2)16-18-6-4-3-5-7-18)8-13-23(20)27(17)31(29,30)22-11-9-21(25)10-12-22/h3-13,15,17H,14,16H2,1-2H3/t17-/m1/s1. The van der Waals surface area contributed by atoms with Crippen molar-refractivity contribution in [3.05, 3.63) is 95.3 Å². The second-order valence-electron chi connectivity index (χ2n) is 7.80. The number of nitrogens with zero attached hydrogens (tertiary/aromatic N) is 2. The summed E-state index contributed by atoms with van der Waals surface area (Å²) in [6.45, 7) is 2.31. The maximum absolute atomic E-state index is 13.2. The monoisotopic (exact) mass is 438 g/mol. The van der Waals surface area contributed by atoms with Crippen molar-refractivity contribution in [2.45, 2.75) is 30.8 Å². The van der Waals surface area contributed by atoms with Crippen LogP contribution in [0.2, 0.25) is 0 Å². The third-order valence-electron chi connectivity index (χ3n) is 5.46. The number of hydrogen-bond acceptors (Lipinski definition) is 3. The van der Waals surface area contributed by atoms with Crippen LogP contribution in [0.15, 0.2) is 77.7 Å². The minimum Gasteiger partial charge on any atom is -0.337 e. The van der Waals surface area contributed by atoms with E-state index < -0.39 is 15.8 Å². The third-order valence-corrected chi connectivity index (χ3v) is 7.40. The Balaban J connectivity index is 1.60. The van der Waals surface area contributed by atoms with Crippen LogP contribution in [0.25, 0.3) is 0 Å². The molecule has 1 heterocycles.